The summed E-state index contributed by atoms with van der Waals surface area (Å²) in [6, 6.07) is 0. The minimum Gasteiger partial charge on any atom is -0.381 e. The van der Waals surface area contributed by atoms with Gasteiger partial charge < -0.3 is 15.6 Å². The lowest BCUT2D eigenvalue weighted by atomic mass is 9.91. The highest BCUT2D eigenvalue weighted by Crippen LogP contribution is 2.66. The summed E-state index contributed by atoms with van der Waals surface area (Å²) in [5, 5.41) is 15.5. The first-order chi connectivity index (χ1) is 14.5. The number of aliphatic hydroxyl groups is 1. The monoisotopic (exact) mass is 472 g/mol. The number of imidazole rings is 1. The van der Waals surface area contributed by atoms with Crippen molar-refractivity contribution in [3.8, 4) is 0 Å². The third-order valence-electron chi connectivity index (χ3n) is 5.78. The van der Waals surface area contributed by atoms with Crippen molar-refractivity contribution in [2.75, 3.05) is 5.73 Å². The average molecular weight is 473 g/mol. The zero-order valence-electron chi connectivity index (χ0n) is 16.1. The molecule has 0 radical (unpaired) electrons. The molecule has 2 aliphatic carbocycles. The topological polar surface area (TPSA) is 160 Å². The van der Waals surface area contributed by atoms with E-state index in [-0.39, 0.29) is 17.2 Å². The number of anilines is 1. The highest BCUT2D eigenvalue weighted by molar-refractivity contribution is 7.51. The normalized spacial score (nSPS) is 38.7. The first kappa shape index (κ1) is 21.0. The molecule has 3 aliphatic rings. The number of ether oxygens (including phenoxy) is 1. The second-order valence-electron chi connectivity index (χ2n) is 7.79. The molecular formula is C17H19ClFN6O5P. The first-order valence-corrected chi connectivity index (χ1v) is 11.3. The fourth-order valence-corrected chi connectivity index (χ4v) is 5.40. The fourth-order valence-electron chi connectivity index (χ4n) is 4.07. The van der Waals surface area contributed by atoms with E-state index in [0.717, 1.165) is 6.92 Å². The Hall–Kier alpha value is -1.92. The van der Waals surface area contributed by atoms with Crippen LogP contribution in [0.25, 0.3) is 5.65 Å². The van der Waals surface area contributed by atoms with Gasteiger partial charge in [0.1, 0.15) is 24.6 Å². The number of halogens is 2. The van der Waals surface area contributed by atoms with Crippen LogP contribution in [0.3, 0.4) is 0 Å². The molecule has 2 fully saturated rings. The zero-order chi connectivity index (χ0) is 22.2. The molecule has 5 rings (SSSR count). The fraction of sp³-hybridized carbons (Fsp3) is 0.471. The van der Waals surface area contributed by atoms with Crippen LogP contribution in [0.1, 0.15) is 25.1 Å². The largest absolute Gasteiger partial charge is 0.403 e. The van der Waals surface area contributed by atoms with Crippen molar-refractivity contribution in [3.63, 3.8) is 0 Å². The summed E-state index contributed by atoms with van der Waals surface area (Å²) in [5.41, 5.74) is 7.46. The maximum absolute atomic E-state index is 15.8. The van der Waals surface area contributed by atoms with Crippen molar-refractivity contribution in [2.45, 2.75) is 49.0 Å². The van der Waals surface area contributed by atoms with Crippen LogP contribution in [0.15, 0.2) is 35.8 Å². The number of alkyl halides is 1. The van der Waals surface area contributed by atoms with Gasteiger partial charge in [-0.3, -0.25) is 9.05 Å². The van der Waals surface area contributed by atoms with Gasteiger partial charge in [0, 0.05) is 5.03 Å². The second-order valence-corrected chi connectivity index (χ2v) is 9.73. The predicted molar refractivity (Wildman–Crippen MR) is 107 cm³/mol. The molecule has 1 saturated heterocycles. The van der Waals surface area contributed by atoms with Crippen LogP contribution < -0.4 is 11.2 Å². The van der Waals surface area contributed by atoms with E-state index in [9.17, 15) is 9.67 Å². The molecular weight excluding hydrogens is 454 g/mol. The lowest BCUT2D eigenvalue weighted by molar-refractivity contribution is -0.0857. The van der Waals surface area contributed by atoms with Crippen LogP contribution in [0.2, 0.25) is 0 Å². The number of fused-ring (bicyclic) bond motifs is 2. The zero-order valence-corrected chi connectivity index (χ0v) is 17.8. The second kappa shape index (κ2) is 6.79. The number of aromatic nitrogens is 4. The standard InChI is InChI=1S/C17H19ClFN6O5P/c1-16(19)11(10-6-22-15-14(20)23-7-24-25(10)15)28-12-13(17(12,16)26)30-31(21,27)29-9-4-2-8(18)3-5-9/h2-4,6-7,9,11-13,26H,5H2,1H3,(H2,21,27)(H2,20,23,24). The summed E-state index contributed by atoms with van der Waals surface area (Å²) in [4.78, 5) is 7.92. The Labute approximate surface area is 180 Å². The quantitative estimate of drug-likeness (QED) is 0.544. The number of nitrogens with two attached hydrogens (primary N) is 2. The smallest absolute Gasteiger partial charge is 0.381 e. The molecule has 2 aromatic rings. The molecule has 7 atom stereocenters. The number of hydrogen-bond donors (Lipinski definition) is 3. The summed E-state index contributed by atoms with van der Waals surface area (Å²) < 4.78 is 46.1. The Morgan fingerprint density at radius 3 is 2.87 bits per heavy atom. The van der Waals surface area contributed by atoms with Crippen LogP contribution in [0.5, 0.6) is 0 Å². The summed E-state index contributed by atoms with van der Waals surface area (Å²) in [7, 11) is -4.14. The Kier molecular flexibility index (Phi) is 4.59. The Morgan fingerprint density at radius 1 is 1.45 bits per heavy atom. The van der Waals surface area contributed by atoms with Crippen molar-refractivity contribution in [1.82, 2.24) is 19.6 Å². The van der Waals surface area contributed by atoms with Crippen LogP contribution in [0, 0.1) is 0 Å². The summed E-state index contributed by atoms with van der Waals surface area (Å²) >= 11 is 5.84. The van der Waals surface area contributed by atoms with Gasteiger partial charge in [-0.1, -0.05) is 23.8 Å². The number of rotatable bonds is 5. The molecule has 1 aliphatic heterocycles. The van der Waals surface area contributed by atoms with E-state index >= 15 is 4.39 Å². The molecule has 1 saturated carbocycles. The molecule has 31 heavy (non-hydrogen) atoms. The van der Waals surface area contributed by atoms with Crippen molar-refractivity contribution in [2.24, 2.45) is 5.50 Å². The summed E-state index contributed by atoms with van der Waals surface area (Å²) in [6.07, 6.45) is 3.46. The lowest BCUT2D eigenvalue weighted by Crippen LogP contribution is -2.43. The van der Waals surface area contributed by atoms with Gasteiger partial charge in [0.05, 0.1) is 18.0 Å². The molecule has 7 unspecified atom stereocenters. The Balaban J connectivity index is 1.33. The SMILES string of the molecule is CC1(F)C(c2cnc3c(N)ncnn23)OC2C(OP(N)(=O)OC3C=CC(Cl)=CC3)C21O. The highest BCUT2D eigenvalue weighted by Gasteiger charge is 2.85. The highest BCUT2D eigenvalue weighted by atomic mass is 35.5. The van der Waals surface area contributed by atoms with Gasteiger partial charge in [0.25, 0.3) is 0 Å². The lowest BCUT2D eigenvalue weighted by Gasteiger charge is -2.30. The average Bonchev–Trinajstić information content (AvgIpc) is 2.99. The van der Waals surface area contributed by atoms with Gasteiger partial charge in [-0.15, -0.1) is 0 Å². The van der Waals surface area contributed by atoms with Crippen molar-refractivity contribution < 1.29 is 27.8 Å². The Morgan fingerprint density at radius 2 is 2.23 bits per heavy atom. The third kappa shape index (κ3) is 3.13. The molecule has 2 aromatic heterocycles. The van der Waals surface area contributed by atoms with Crippen molar-refractivity contribution >= 4 is 30.8 Å². The molecule has 0 bridgehead atoms. The summed E-state index contributed by atoms with van der Waals surface area (Å²) in [6.45, 7) is 1.16. The predicted octanol–water partition coefficient (Wildman–Crippen LogP) is 1.54. The number of hydrogen-bond acceptors (Lipinski definition) is 9. The van der Waals surface area contributed by atoms with E-state index in [1.54, 1.807) is 18.2 Å². The minimum absolute atomic E-state index is 0.110. The van der Waals surface area contributed by atoms with Crippen LogP contribution in [-0.4, -0.2) is 54.3 Å². The Bertz CT molecular complexity index is 1170. The summed E-state index contributed by atoms with van der Waals surface area (Å²) in [5.74, 6) is 0.110. The molecule has 11 nitrogen and oxygen atoms in total. The number of allylic oxidation sites excluding steroid dienone is 2. The molecule has 0 aromatic carbocycles. The number of nitrogen functional groups attached to an aromatic ring is 1. The van der Waals surface area contributed by atoms with Gasteiger partial charge in [0.15, 0.2) is 22.7 Å². The van der Waals surface area contributed by atoms with Crippen LogP contribution >= 0.6 is 19.3 Å². The van der Waals surface area contributed by atoms with Crippen molar-refractivity contribution in [3.05, 3.63) is 41.5 Å². The van der Waals surface area contributed by atoms with Gasteiger partial charge in [0.2, 0.25) is 0 Å². The number of nitrogens with zero attached hydrogens (tertiary/aromatic N) is 4. The molecule has 0 amide bonds. The molecule has 14 heteroatoms. The van der Waals surface area contributed by atoms with E-state index in [0.29, 0.717) is 11.5 Å². The van der Waals surface area contributed by atoms with E-state index in [4.69, 9.17) is 36.6 Å². The van der Waals surface area contributed by atoms with E-state index in [1.807, 2.05) is 0 Å². The van der Waals surface area contributed by atoms with E-state index in [2.05, 4.69) is 15.1 Å². The first-order valence-electron chi connectivity index (χ1n) is 9.35. The van der Waals surface area contributed by atoms with Crippen molar-refractivity contribution in [1.29, 1.82) is 0 Å². The van der Waals surface area contributed by atoms with Gasteiger partial charge >= 0.3 is 7.75 Å². The van der Waals surface area contributed by atoms with Gasteiger partial charge in [-0.05, 0) is 19.4 Å². The van der Waals surface area contributed by atoms with E-state index in [1.165, 1.54) is 17.0 Å². The maximum atomic E-state index is 15.8. The minimum atomic E-state index is -4.14. The molecule has 0 spiro atoms. The maximum Gasteiger partial charge on any atom is 0.403 e. The van der Waals surface area contributed by atoms with Gasteiger partial charge in [-0.2, -0.15) is 5.10 Å². The van der Waals surface area contributed by atoms with E-state index < -0.39 is 43.4 Å². The van der Waals surface area contributed by atoms with Crippen LogP contribution in [0.4, 0.5) is 10.2 Å². The third-order valence-corrected chi connectivity index (χ3v) is 7.14. The van der Waals surface area contributed by atoms with Gasteiger partial charge in [-0.25, -0.2) is 28.9 Å². The molecule has 166 valence electrons. The van der Waals surface area contributed by atoms with Crippen LogP contribution in [-0.2, 0) is 18.3 Å². The molecule has 5 N–H and O–H groups in total. The molecule has 3 heterocycles.